The van der Waals surface area contributed by atoms with Gasteiger partial charge in [0.05, 0.1) is 32.3 Å². The minimum atomic E-state index is -4.67. The number of alkyl halides is 3. The van der Waals surface area contributed by atoms with Crippen LogP contribution in [0.1, 0.15) is 35.3 Å². The Labute approximate surface area is 202 Å². The molecule has 0 amide bonds. The molecule has 3 aromatic carbocycles. The van der Waals surface area contributed by atoms with Gasteiger partial charge in [0.2, 0.25) is 0 Å². The number of nitrogens with one attached hydrogen (secondary N) is 1. The van der Waals surface area contributed by atoms with Crippen molar-refractivity contribution in [2.45, 2.75) is 38.2 Å². The van der Waals surface area contributed by atoms with Crippen LogP contribution >= 0.6 is 0 Å². The molecule has 0 saturated carbocycles. The van der Waals surface area contributed by atoms with Crippen LogP contribution in [0.3, 0.4) is 0 Å². The van der Waals surface area contributed by atoms with Crippen LogP contribution in [-0.2, 0) is 28.7 Å². The molecule has 0 aromatic heterocycles. The van der Waals surface area contributed by atoms with E-state index in [0.717, 1.165) is 24.3 Å². The molecule has 0 aliphatic heterocycles. The van der Waals surface area contributed by atoms with Crippen LogP contribution in [0.25, 0.3) is 11.1 Å². The molecule has 3 aromatic rings. The first kappa shape index (κ1) is 26.2. The zero-order chi connectivity index (χ0) is 25.6. The minimum Gasteiger partial charge on any atom is -0.496 e. The van der Waals surface area contributed by atoms with E-state index in [-0.39, 0.29) is 17.4 Å². The molecule has 3 rings (SSSR count). The smallest absolute Gasteiger partial charge is 0.416 e. The summed E-state index contributed by atoms with van der Waals surface area (Å²) in [4.78, 5) is 11.8. The summed E-state index contributed by atoms with van der Waals surface area (Å²) in [5, 5.41) is 13.9. The van der Waals surface area contributed by atoms with Crippen LogP contribution in [0.4, 0.5) is 13.2 Å². The quantitative estimate of drug-likeness (QED) is 0.401. The Bertz CT molecular complexity index is 1150. The fraction of sp³-hybridized carbons (Fsp3) is 0.296. The van der Waals surface area contributed by atoms with Gasteiger partial charge in [-0.1, -0.05) is 54.6 Å². The van der Waals surface area contributed by atoms with E-state index in [1.807, 2.05) is 49.4 Å². The SMILES string of the molecule is COC(=O)Cc1cc(-c2ccccc2CN[C@@H](C)[C@H](O)c2ccccc2)c(OC)cc1C(F)(F)F. The van der Waals surface area contributed by atoms with E-state index >= 15 is 0 Å². The molecule has 186 valence electrons. The Kier molecular flexibility index (Phi) is 8.53. The van der Waals surface area contributed by atoms with Crippen molar-refractivity contribution in [2.24, 2.45) is 0 Å². The second kappa shape index (κ2) is 11.4. The molecule has 0 fully saturated rings. The Morgan fingerprint density at radius 3 is 2.26 bits per heavy atom. The summed E-state index contributed by atoms with van der Waals surface area (Å²) in [5.41, 5.74) is 1.50. The van der Waals surface area contributed by atoms with E-state index in [1.54, 1.807) is 12.1 Å². The first-order valence-electron chi connectivity index (χ1n) is 11.0. The molecule has 0 spiro atoms. The average Bonchev–Trinajstić information content (AvgIpc) is 2.86. The van der Waals surface area contributed by atoms with Crippen molar-refractivity contribution >= 4 is 5.97 Å². The Morgan fingerprint density at radius 1 is 0.971 bits per heavy atom. The molecule has 5 nitrogen and oxygen atoms in total. The molecule has 2 atom stereocenters. The summed E-state index contributed by atoms with van der Waals surface area (Å²) >= 11 is 0. The molecule has 35 heavy (non-hydrogen) atoms. The van der Waals surface area contributed by atoms with Gasteiger partial charge in [-0.2, -0.15) is 13.2 Å². The number of benzene rings is 3. The Balaban J connectivity index is 1.96. The highest BCUT2D eigenvalue weighted by molar-refractivity contribution is 5.78. The topological polar surface area (TPSA) is 67.8 Å². The van der Waals surface area contributed by atoms with Crippen LogP contribution in [0.5, 0.6) is 5.75 Å². The summed E-state index contributed by atoms with van der Waals surface area (Å²) in [5.74, 6) is -0.735. The standard InChI is InChI=1S/C27H28F3NO4/c1-17(26(33)18-9-5-4-6-10-18)31-16-19-11-7-8-12-21(19)22-13-20(14-25(32)35-3)23(27(28,29)30)15-24(22)34-2/h4-13,15,17,26,31,33H,14,16H2,1-3H3/t17-,26-/m0/s1. The number of hydrogen-bond donors (Lipinski definition) is 2. The lowest BCUT2D eigenvalue weighted by molar-refractivity contribution is -0.141. The lowest BCUT2D eigenvalue weighted by Gasteiger charge is -2.22. The molecule has 8 heteroatoms. The zero-order valence-corrected chi connectivity index (χ0v) is 19.7. The van der Waals surface area contributed by atoms with Gasteiger partial charge >= 0.3 is 12.1 Å². The van der Waals surface area contributed by atoms with Gasteiger partial charge in [0, 0.05) is 18.2 Å². The fourth-order valence-corrected chi connectivity index (χ4v) is 3.90. The molecule has 0 radical (unpaired) electrons. The first-order valence-corrected chi connectivity index (χ1v) is 11.0. The van der Waals surface area contributed by atoms with Gasteiger partial charge in [-0.3, -0.25) is 4.79 Å². The second-order valence-electron chi connectivity index (χ2n) is 8.14. The Hall–Kier alpha value is -3.36. The summed E-state index contributed by atoms with van der Waals surface area (Å²) in [6.45, 7) is 2.20. The van der Waals surface area contributed by atoms with Crippen molar-refractivity contribution in [1.82, 2.24) is 5.32 Å². The van der Waals surface area contributed by atoms with Crippen molar-refractivity contribution < 1.29 is 32.5 Å². The number of hydrogen-bond acceptors (Lipinski definition) is 5. The highest BCUT2D eigenvalue weighted by atomic mass is 19.4. The number of aliphatic hydroxyl groups is 1. The number of rotatable bonds is 9. The minimum absolute atomic E-state index is 0.0377. The van der Waals surface area contributed by atoms with Crippen molar-refractivity contribution in [3.8, 4) is 16.9 Å². The van der Waals surface area contributed by atoms with Crippen molar-refractivity contribution in [1.29, 1.82) is 0 Å². The summed E-state index contributed by atoms with van der Waals surface area (Å²) < 4.78 is 51.1. The maximum absolute atomic E-state index is 13.7. The summed E-state index contributed by atoms with van der Waals surface area (Å²) in [7, 11) is 2.43. The van der Waals surface area contributed by atoms with Crippen LogP contribution < -0.4 is 10.1 Å². The maximum Gasteiger partial charge on any atom is 0.416 e. The third-order valence-electron chi connectivity index (χ3n) is 5.83. The van der Waals surface area contributed by atoms with Gasteiger partial charge in [-0.15, -0.1) is 0 Å². The van der Waals surface area contributed by atoms with Crippen LogP contribution in [0.2, 0.25) is 0 Å². The molecular formula is C27H28F3NO4. The number of ether oxygens (including phenoxy) is 2. The second-order valence-corrected chi connectivity index (χ2v) is 8.14. The highest BCUT2D eigenvalue weighted by Crippen LogP contribution is 2.41. The van der Waals surface area contributed by atoms with Gasteiger partial charge in [0.25, 0.3) is 0 Å². The number of aliphatic hydroxyl groups excluding tert-OH is 1. The maximum atomic E-state index is 13.7. The molecule has 0 saturated heterocycles. The van der Waals surface area contributed by atoms with E-state index in [0.29, 0.717) is 17.7 Å². The largest absolute Gasteiger partial charge is 0.496 e. The van der Waals surface area contributed by atoms with E-state index in [1.165, 1.54) is 13.2 Å². The van der Waals surface area contributed by atoms with Crippen molar-refractivity contribution in [2.75, 3.05) is 14.2 Å². The summed E-state index contributed by atoms with van der Waals surface area (Å²) in [6.07, 6.45) is -5.93. The average molecular weight is 488 g/mol. The van der Waals surface area contributed by atoms with E-state index < -0.39 is 30.2 Å². The predicted molar refractivity (Wildman–Crippen MR) is 127 cm³/mol. The van der Waals surface area contributed by atoms with Gasteiger partial charge in [-0.25, -0.2) is 0 Å². The molecular weight excluding hydrogens is 459 g/mol. The highest BCUT2D eigenvalue weighted by Gasteiger charge is 2.35. The van der Waals surface area contributed by atoms with E-state index in [4.69, 9.17) is 4.74 Å². The van der Waals surface area contributed by atoms with Gasteiger partial charge in [-0.05, 0) is 41.3 Å². The third-order valence-corrected chi connectivity index (χ3v) is 5.83. The number of methoxy groups -OCH3 is 2. The third kappa shape index (κ3) is 6.41. The van der Waals surface area contributed by atoms with Gasteiger partial charge in [0.15, 0.2) is 0 Å². The lowest BCUT2D eigenvalue weighted by Crippen LogP contribution is -2.31. The molecule has 0 bridgehead atoms. The first-order chi connectivity index (χ1) is 16.7. The predicted octanol–water partition coefficient (Wildman–Crippen LogP) is 5.31. The number of halogens is 3. The number of carbonyl (C=O) groups is 1. The molecule has 2 N–H and O–H groups in total. The van der Waals surface area contributed by atoms with E-state index in [2.05, 4.69) is 10.1 Å². The number of carbonyl (C=O) groups excluding carboxylic acids is 1. The van der Waals surface area contributed by atoms with Crippen LogP contribution in [0, 0.1) is 0 Å². The molecule has 0 heterocycles. The van der Waals surface area contributed by atoms with Crippen LogP contribution in [-0.4, -0.2) is 31.3 Å². The normalized spacial score (nSPS) is 13.2. The van der Waals surface area contributed by atoms with Crippen molar-refractivity contribution in [3.63, 3.8) is 0 Å². The Morgan fingerprint density at radius 2 is 1.63 bits per heavy atom. The fourth-order valence-electron chi connectivity index (χ4n) is 3.90. The monoisotopic (exact) mass is 487 g/mol. The number of esters is 1. The molecule has 0 aliphatic rings. The van der Waals surface area contributed by atoms with Crippen molar-refractivity contribution in [3.05, 3.63) is 89.0 Å². The summed E-state index contributed by atoms with van der Waals surface area (Å²) in [6, 6.07) is 18.4. The van der Waals surface area contributed by atoms with E-state index in [9.17, 15) is 23.1 Å². The molecule has 0 aliphatic carbocycles. The lowest BCUT2D eigenvalue weighted by atomic mass is 9.93. The van der Waals surface area contributed by atoms with Crippen LogP contribution in [0.15, 0.2) is 66.7 Å². The zero-order valence-electron chi connectivity index (χ0n) is 19.7. The van der Waals surface area contributed by atoms with Gasteiger partial charge in [0.1, 0.15) is 5.75 Å². The molecule has 0 unspecified atom stereocenters. The van der Waals surface area contributed by atoms with Gasteiger partial charge < -0.3 is 19.9 Å².